The summed E-state index contributed by atoms with van der Waals surface area (Å²) < 4.78 is 5.62. The molecule has 0 radical (unpaired) electrons. The molecular weight excluding hydrogens is 334 g/mol. The number of aromatic nitrogens is 3. The van der Waals surface area contributed by atoms with Gasteiger partial charge in [0.1, 0.15) is 5.75 Å². The predicted molar refractivity (Wildman–Crippen MR) is 94.6 cm³/mol. The van der Waals surface area contributed by atoms with Crippen molar-refractivity contribution in [1.29, 1.82) is 0 Å². The summed E-state index contributed by atoms with van der Waals surface area (Å²) in [7, 11) is 0. The Morgan fingerprint density at radius 3 is 2.96 bits per heavy atom. The molecule has 2 amide bonds. The lowest BCUT2D eigenvalue weighted by Gasteiger charge is -2.25. The van der Waals surface area contributed by atoms with E-state index in [4.69, 9.17) is 4.74 Å². The molecule has 1 atom stereocenters. The number of fused-ring (bicyclic) bond motifs is 1. The summed E-state index contributed by atoms with van der Waals surface area (Å²) in [6.45, 7) is 0. The second kappa shape index (κ2) is 6.67. The SMILES string of the molecule is O=C(CC1Oc2ccccc2NC1=O)Nc1cc(-c2cccnc2)[nH]n1. The first-order valence-corrected chi connectivity index (χ1v) is 8.01. The second-order valence-corrected chi connectivity index (χ2v) is 5.75. The summed E-state index contributed by atoms with van der Waals surface area (Å²) in [5.74, 6) is 0.194. The zero-order chi connectivity index (χ0) is 17.9. The van der Waals surface area contributed by atoms with Crippen LogP contribution in [0.2, 0.25) is 0 Å². The van der Waals surface area contributed by atoms with Crippen LogP contribution in [0.4, 0.5) is 11.5 Å². The van der Waals surface area contributed by atoms with E-state index >= 15 is 0 Å². The third-order valence-electron chi connectivity index (χ3n) is 3.90. The number of H-pyrrole nitrogens is 1. The number of benzene rings is 1. The number of hydrogen-bond donors (Lipinski definition) is 3. The Bertz CT molecular complexity index is 954. The summed E-state index contributed by atoms with van der Waals surface area (Å²) in [4.78, 5) is 28.4. The normalized spacial score (nSPS) is 15.5. The Hall–Kier alpha value is -3.68. The molecule has 130 valence electrons. The maximum absolute atomic E-state index is 12.2. The van der Waals surface area contributed by atoms with Crippen LogP contribution in [-0.4, -0.2) is 33.1 Å². The number of hydrogen-bond acceptors (Lipinski definition) is 5. The molecule has 1 aliphatic rings. The van der Waals surface area contributed by atoms with Gasteiger partial charge in [0, 0.05) is 24.0 Å². The van der Waals surface area contributed by atoms with E-state index in [0.29, 0.717) is 17.3 Å². The first kappa shape index (κ1) is 15.8. The fraction of sp³-hybridized carbons (Fsp3) is 0.111. The van der Waals surface area contributed by atoms with Crippen molar-refractivity contribution in [1.82, 2.24) is 15.2 Å². The summed E-state index contributed by atoms with van der Waals surface area (Å²) in [5, 5.41) is 12.3. The molecule has 2 aromatic heterocycles. The molecule has 26 heavy (non-hydrogen) atoms. The number of rotatable bonds is 4. The number of aromatic amines is 1. The third-order valence-corrected chi connectivity index (χ3v) is 3.90. The molecule has 8 heteroatoms. The molecule has 0 fully saturated rings. The number of anilines is 2. The van der Waals surface area contributed by atoms with Gasteiger partial charge in [-0.05, 0) is 24.3 Å². The van der Waals surface area contributed by atoms with E-state index in [-0.39, 0.29) is 18.2 Å². The van der Waals surface area contributed by atoms with Gasteiger partial charge in [0.05, 0.1) is 17.8 Å². The highest BCUT2D eigenvalue weighted by atomic mass is 16.5. The summed E-state index contributed by atoms with van der Waals surface area (Å²) in [6, 6.07) is 12.5. The van der Waals surface area contributed by atoms with Crippen LogP contribution < -0.4 is 15.4 Å². The molecular formula is C18H15N5O3. The Kier molecular flexibility index (Phi) is 4.06. The number of para-hydroxylation sites is 2. The van der Waals surface area contributed by atoms with E-state index in [1.54, 1.807) is 42.7 Å². The predicted octanol–water partition coefficient (Wildman–Crippen LogP) is 2.20. The lowest BCUT2D eigenvalue weighted by atomic mass is 10.1. The Balaban J connectivity index is 1.40. The molecule has 0 saturated heterocycles. The number of amides is 2. The molecule has 0 saturated carbocycles. The van der Waals surface area contributed by atoms with Gasteiger partial charge in [-0.15, -0.1) is 0 Å². The van der Waals surface area contributed by atoms with Crippen molar-refractivity contribution in [3.8, 4) is 17.0 Å². The fourth-order valence-corrected chi connectivity index (χ4v) is 2.65. The number of carbonyl (C=O) groups is 2. The molecule has 1 aromatic carbocycles. The molecule has 4 rings (SSSR count). The Labute approximate surface area is 148 Å². The highest BCUT2D eigenvalue weighted by Crippen LogP contribution is 2.29. The van der Waals surface area contributed by atoms with E-state index in [9.17, 15) is 9.59 Å². The number of nitrogens with zero attached hydrogens (tertiary/aromatic N) is 2. The van der Waals surface area contributed by atoms with Crippen LogP contribution in [0.15, 0.2) is 54.9 Å². The van der Waals surface area contributed by atoms with Gasteiger partial charge in [0.25, 0.3) is 5.91 Å². The van der Waals surface area contributed by atoms with E-state index in [2.05, 4.69) is 25.8 Å². The van der Waals surface area contributed by atoms with Crippen LogP contribution in [0.3, 0.4) is 0 Å². The standard InChI is InChI=1S/C18H15N5O3/c24-17(9-15-18(25)20-12-5-1-2-6-14(12)26-15)21-16-8-13(22-23-16)11-4-3-7-19-10-11/h1-8,10,15H,9H2,(H,20,25)(H2,21,22,23,24). The quantitative estimate of drug-likeness (QED) is 0.669. The van der Waals surface area contributed by atoms with Crippen molar-refractivity contribution in [2.75, 3.05) is 10.6 Å². The van der Waals surface area contributed by atoms with Crippen LogP contribution in [0.1, 0.15) is 6.42 Å². The van der Waals surface area contributed by atoms with Crippen molar-refractivity contribution >= 4 is 23.3 Å². The van der Waals surface area contributed by atoms with Gasteiger partial charge in [-0.3, -0.25) is 19.7 Å². The molecule has 0 spiro atoms. The van der Waals surface area contributed by atoms with Crippen molar-refractivity contribution in [2.24, 2.45) is 0 Å². The third kappa shape index (κ3) is 3.25. The first-order chi connectivity index (χ1) is 12.7. The molecule has 3 N–H and O–H groups in total. The van der Waals surface area contributed by atoms with E-state index < -0.39 is 6.10 Å². The van der Waals surface area contributed by atoms with E-state index in [0.717, 1.165) is 11.3 Å². The van der Waals surface area contributed by atoms with Gasteiger partial charge in [-0.2, -0.15) is 5.10 Å². The van der Waals surface area contributed by atoms with Crippen molar-refractivity contribution in [3.05, 3.63) is 54.9 Å². The number of nitrogens with one attached hydrogen (secondary N) is 3. The molecule has 3 aromatic rings. The average molecular weight is 349 g/mol. The smallest absolute Gasteiger partial charge is 0.266 e. The zero-order valence-corrected chi connectivity index (χ0v) is 13.6. The van der Waals surface area contributed by atoms with Gasteiger partial charge in [-0.1, -0.05) is 12.1 Å². The van der Waals surface area contributed by atoms with Crippen molar-refractivity contribution in [3.63, 3.8) is 0 Å². The van der Waals surface area contributed by atoms with Crippen LogP contribution in [0.5, 0.6) is 5.75 Å². The van der Waals surface area contributed by atoms with E-state index in [1.807, 2.05) is 12.1 Å². The Morgan fingerprint density at radius 1 is 1.23 bits per heavy atom. The maximum atomic E-state index is 12.2. The Morgan fingerprint density at radius 2 is 2.12 bits per heavy atom. The minimum Gasteiger partial charge on any atom is -0.478 e. The highest BCUT2D eigenvalue weighted by Gasteiger charge is 2.29. The first-order valence-electron chi connectivity index (χ1n) is 8.01. The molecule has 0 aliphatic carbocycles. The molecule has 8 nitrogen and oxygen atoms in total. The van der Waals surface area contributed by atoms with Crippen LogP contribution in [0.25, 0.3) is 11.3 Å². The topological polar surface area (TPSA) is 109 Å². The van der Waals surface area contributed by atoms with Gasteiger partial charge in [0.15, 0.2) is 11.9 Å². The molecule has 1 aliphatic heterocycles. The van der Waals surface area contributed by atoms with Gasteiger partial charge >= 0.3 is 0 Å². The number of pyridine rings is 1. The molecule has 3 heterocycles. The van der Waals surface area contributed by atoms with Crippen molar-refractivity contribution < 1.29 is 14.3 Å². The fourth-order valence-electron chi connectivity index (χ4n) is 2.65. The van der Waals surface area contributed by atoms with Gasteiger partial charge in [0.2, 0.25) is 5.91 Å². The maximum Gasteiger partial charge on any atom is 0.266 e. The zero-order valence-electron chi connectivity index (χ0n) is 13.6. The number of carbonyl (C=O) groups excluding carboxylic acids is 2. The molecule has 0 bridgehead atoms. The molecule has 1 unspecified atom stereocenters. The van der Waals surface area contributed by atoms with Gasteiger partial charge in [-0.25, -0.2) is 0 Å². The second-order valence-electron chi connectivity index (χ2n) is 5.75. The van der Waals surface area contributed by atoms with Crippen LogP contribution >= 0.6 is 0 Å². The summed E-state index contributed by atoms with van der Waals surface area (Å²) in [6.07, 6.45) is 2.36. The van der Waals surface area contributed by atoms with Gasteiger partial charge < -0.3 is 15.4 Å². The largest absolute Gasteiger partial charge is 0.478 e. The lowest BCUT2D eigenvalue weighted by molar-refractivity contribution is -0.128. The van der Waals surface area contributed by atoms with Crippen LogP contribution in [-0.2, 0) is 9.59 Å². The van der Waals surface area contributed by atoms with E-state index in [1.165, 1.54) is 0 Å². The highest BCUT2D eigenvalue weighted by molar-refractivity contribution is 6.01. The summed E-state index contributed by atoms with van der Waals surface area (Å²) in [5.41, 5.74) is 2.18. The van der Waals surface area contributed by atoms with Crippen molar-refractivity contribution in [2.45, 2.75) is 12.5 Å². The summed E-state index contributed by atoms with van der Waals surface area (Å²) >= 11 is 0. The minimum atomic E-state index is -0.887. The minimum absolute atomic E-state index is 0.116. The lowest BCUT2D eigenvalue weighted by Crippen LogP contribution is -2.39. The average Bonchev–Trinajstić information content (AvgIpc) is 3.11. The van der Waals surface area contributed by atoms with Crippen LogP contribution in [0, 0.1) is 0 Å². The monoisotopic (exact) mass is 349 g/mol. The number of ether oxygens (including phenoxy) is 1.